The Morgan fingerprint density at radius 1 is 0.968 bits per heavy atom. The van der Waals surface area contributed by atoms with Crippen LogP contribution in [0.25, 0.3) is 22.6 Å². The monoisotopic (exact) mass is 434 g/mol. The highest BCUT2D eigenvalue weighted by Crippen LogP contribution is 2.23. The van der Waals surface area contributed by atoms with E-state index in [-0.39, 0.29) is 11.4 Å². The lowest BCUT2D eigenvalue weighted by Gasteiger charge is -2.11. The molecule has 4 rings (SSSR count). The summed E-state index contributed by atoms with van der Waals surface area (Å²) in [7, 11) is -3.59. The van der Waals surface area contributed by atoms with Gasteiger partial charge in [0.2, 0.25) is 10.0 Å². The molecule has 2 aromatic heterocycles. The lowest BCUT2D eigenvalue weighted by molar-refractivity contribution is 0.574. The molecule has 0 aliphatic rings. The Morgan fingerprint density at radius 3 is 2.42 bits per heavy atom. The first-order chi connectivity index (χ1) is 14.9. The molecular weight excluding hydrogens is 408 g/mol. The van der Waals surface area contributed by atoms with Gasteiger partial charge in [0.25, 0.3) is 0 Å². The van der Waals surface area contributed by atoms with Crippen LogP contribution in [0.15, 0.2) is 77.8 Å². The number of rotatable bonds is 8. The molecular formula is C24H26N4O2S. The lowest BCUT2D eigenvalue weighted by atomic mass is 10.0. The van der Waals surface area contributed by atoms with Crippen molar-refractivity contribution in [2.24, 2.45) is 5.92 Å². The van der Waals surface area contributed by atoms with Gasteiger partial charge in [0.05, 0.1) is 4.90 Å². The van der Waals surface area contributed by atoms with Gasteiger partial charge in [0.15, 0.2) is 5.65 Å². The van der Waals surface area contributed by atoms with Crippen molar-refractivity contribution in [2.75, 3.05) is 6.54 Å². The van der Waals surface area contributed by atoms with Gasteiger partial charge in [0.1, 0.15) is 11.3 Å². The Balaban J connectivity index is 1.53. The van der Waals surface area contributed by atoms with E-state index >= 15 is 0 Å². The predicted molar refractivity (Wildman–Crippen MR) is 123 cm³/mol. The molecule has 0 aliphatic carbocycles. The van der Waals surface area contributed by atoms with Crippen molar-refractivity contribution >= 4 is 21.2 Å². The first-order valence-electron chi connectivity index (χ1n) is 10.4. The molecule has 2 aromatic carbocycles. The maximum atomic E-state index is 12.8. The van der Waals surface area contributed by atoms with E-state index in [1.807, 2.05) is 59.2 Å². The summed E-state index contributed by atoms with van der Waals surface area (Å²) >= 11 is 0. The molecule has 4 aromatic rings. The van der Waals surface area contributed by atoms with Gasteiger partial charge >= 0.3 is 0 Å². The summed E-state index contributed by atoms with van der Waals surface area (Å²) < 4.78 is 30.2. The molecule has 0 fully saturated rings. The van der Waals surface area contributed by atoms with Crippen LogP contribution < -0.4 is 4.72 Å². The molecule has 160 valence electrons. The summed E-state index contributed by atoms with van der Waals surface area (Å²) in [6, 6.07) is 20.7. The standard InChI is InChI=1S/C24H26N4O2S/c1-18(2)17-19-10-12-21(13-11-19)31(29,30)26-15-16-28-23(20-7-4-3-5-8-20)27-22-9-6-14-25-24(22)28/h3-14,18,26H,15-17H2,1-2H3. The largest absolute Gasteiger partial charge is 0.307 e. The van der Waals surface area contributed by atoms with Crippen molar-refractivity contribution in [3.05, 3.63) is 78.5 Å². The van der Waals surface area contributed by atoms with Crippen LogP contribution in [0.1, 0.15) is 19.4 Å². The minimum Gasteiger partial charge on any atom is -0.307 e. The van der Waals surface area contributed by atoms with Gasteiger partial charge in [-0.05, 0) is 42.2 Å². The fraction of sp³-hybridized carbons (Fsp3) is 0.250. The molecule has 7 heteroatoms. The van der Waals surface area contributed by atoms with Crippen molar-refractivity contribution in [3.63, 3.8) is 0 Å². The van der Waals surface area contributed by atoms with Gasteiger partial charge in [-0.2, -0.15) is 0 Å². The van der Waals surface area contributed by atoms with Crippen LogP contribution in [0.5, 0.6) is 0 Å². The quantitative estimate of drug-likeness (QED) is 0.449. The van der Waals surface area contributed by atoms with Crippen LogP contribution in [-0.2, 0) is 23.0 Å². The second-order valence-corrected chi connectivity index (χ2v) is 9.71. The fourth-order valence-corrected chi connectivity index (χ4v) is 4.65. The number of sulfonamides is 1. The van der Waals surface area contributed by atoms with Crippen molar-refractivity contribution in [1.29, 1.82) is 0 Å². The maximum Gasteiger partial charge on any atom is 0.240 e. The zero-order chi connectivity index (χ0) is 21.8. The number of aromatic nitrogens is 3. The number of hydrogen-bond donors (Lipinski definition) is 1. The van der Waals surface area contributed by atoms with Crippen molar-refractivity contribution in [3.8, 4) is 11.4 Å². The highest BCUT2D eigenvalue weighted by molar-refractivity contribution is 7.89. The number of fused-ring (bicyclic) bond motifs is 1. The van der Waals surface area contributed by atoms with E-state index in [4.69, 9.17) is 4.98 Å². The van der Waals surface area contributed by atoms with Crippen molar-refractivity contribution < 1.29 is 8.42 Å². The molecule has 0 saturated carbocycles. The number of imidazole rings is 1. The Morgan fingerprint density at radius 2 is 1.71 bits per heavy atom. The zero-order valence-corrected chi connectivity index (χ0v) is 18.5. The van der Waals surface area contributed by atoms with Crippen LogP contribution in [0.4, 0.5) is 0 Å². The molecule has 31 heavy (non-hydrogen) atoms. The Hall–Kier alpha value is -3.03. The molecule has 6 nitrogen and oxygen atoms in total. The number of nitrogens with zero attached hydrogens (tertiary/aromatic N) is 3. The van der Waals surface area contributed by atoms with E-state index in [0.717, 1.165) is 34.5 Å². The molecule has 0 atom stereocenters. The molecule has 0 saturated heterocycles. The fourth-order valence-electron chi connectivity index (χ4n) is 3.63. The number of nitrogens with one attached hydrogen (secondary N) is 1. The number of benzene rings is 2. The molecule has 0 bridgehead atoms. The maximum absolute atomic E-state index is 12.8. The summed E-state index contributed by atoms with van der Waals surface area (Å²) in [6.07, 6.45) is 2.65. The Kier molecular flexibility index (Phi) is 6.15. The Bertz CT molecular complexity index is 1260. The Labute approximate surface area is 183 Å². The topological polar surface area (TPSA) is 76.9 Å². The third-order valence-corrected chi connectivity index (χ3v) is 6.52. The van der Waals surface area contributed by atoms with Crippen LogP contribution in [0, 0.1) is 5.92 Å². The van der Waals surface area contributed by atoms with E-state index < -0.39 is 10.0 Å². The molecule has 1 N–H and O–H groups in total. The summed E-state index contributed by atoms with van der Waals surface area (Å²) in [5.41, 5.74) is 3.62. The van der Waals surface area contributed by atoms with Gasteiger partial charge in [-0.25, -0.2) is 23.1 Å². The van der Waals surface area contributed by atoms with Crippen LogP contribution in [-0.4, -0.2) is 29.5 Å². The van der Waals surface area contributed by atoms with Crippen molar-refractivity contribution in [2.45, 2.75) is 31.7 Å². The summed E-state index contributed by atoms with van der Waals surface area (Å²) in [6.45, 7) is 4.94. The van der Waals surface area contributed by atoms with E-state index in [0.29, 0.717) is 12.5 Å². The number of hydrogen-bond acceptors (Lipinski definition) is 4. The SMILES string of the molecule is CC(C)Cc1ccc(S(=O)(=O)NCCn2c(-c3ccccc3)nc3cccnc32)cc1. The normalized spacial score (nSPS) is 12.0. The van der Waals surface area contributed by atoms with E-state index in [1.165, 1.54) is 0 Å². The first kappa shape index (κ1) is 21.2. The zero-order valence-electron chi connectivity index (χ0n) is 17.7. The first-order valence-corrected chi connectivity index (χ1v) is 11.9. The molecule has 0 spiro atoms. The summed E-state index contributed by atoms with van der Waals surface area (Å²) in [5.74, 6) is 1.30. The smallest absolute Gasteiger partial charge is 0.240 e. The van der Waals surface area contributed by atoms with Crippen LogP contribution in [0.3, 0.4) is 0 Å². The highest BCUT2D eigenvalue weighted by atomic mass is 32.2. The average molecular weight is 435 g/mol. The van der Waals surface area contributed by atoms with E-state index in [2.05, 4.69) is 23.6 Å². The average Bonchev–Trinajstić information content (AvgIpc) is 3.13. The second-order valence-electron chi connectivity index (χ2n) is 7.94. The minimum atomic E-state index is -3.59. The summed E-state index contributed by atoms with van der Waals surface area (Å²) in [4.78, 5) is 9.44. The predicted octanol–water partition coefficient (Wildman–Crippen LogP) is 4.28. The third kappa shape index (κ3) is 4.84. The second kappa shape index (κ2) is 8.99. The van der Waals surface area contributed by atoms with Crippen LogP contribution >= 0.6 is 0 Å². The van der Waals surface area contributed by atoms with E-state index in [1.54, 1.807) is 18.3 Å². The molecule has 0 unspecified atom stereocenters. The summed E-state index contributed by atoms with van der Waals surface area (Å²) in [5, 5.41) is 0. The van der Waals surface area contributed by atoms with Gasteiger partial charge in [-0.3, -0.25) is 0 Å². The molecule has 2 heterocycles. The van der Waals surface area contributed by atoms with Crippen molar-refractivity contribution in [1.82, 2.24) is 19.3 Å². The van der Waals surface area contributed by atoms with Gasteiger partial charge in [0, 0.05) is 24.8 Å². The highest BCUT2D eigenvalue weighted by Gasteiger charge is 2.16. The molecule has 0 amide bonds. The molecule has 0 radical (unpaired) electrons. The van der Waals surface area contributed by atoms with Crippen LogP contribution in [0.2, 0.25) is 0 Å². The minimum absolute atomic E-state index is 0.234. The third-order valence-electron chi connectivity index (χ3n) is 5.04. The van der Waals surface area contributed by atoms with Gasteiger partial charge in [-0.15, -0.1) is 0 Å². The lowest BCUT2D eigenvalue weighted by Crippen LogP contribution is -2.27. The van der Waals surface area contributed by atoms with Gasteiger partial charge < -0.3 is 4.57 Å². The number of pyridine rings is 1. The molecule has 0 aliphatic heterocycles. The van der Waals surface area contributed by atoms with Gasteiger partial charge in [-0.1, -0.05) is 56.3 Å². The van der Waals surface area contributed by atoms with E-state index in [9.17, 15) is 8.42 Å².